The first kappa shape index (κ1) is 11.6. The molecule has 0 saturated carbocycles. The minimum absolute atomic E-state index is 0.619. The van der Waals surface area contributed by atoms with Crippen LogP contribution in [0, 0.1) is 5.92 Å². The summed E-state index contributed by atoms with van der Waals surface area (Å²) in [6.07, 6.45) is 5.11. The first-order valence-corrected chi connectivity index (χ1v) is 6.27. The third-order valence-corrected chi connectivity index (χ3v) is 3.65. The van der Waals surface area contributed by atoms with Crippen molar-refractivity contribution in [3.05, 3.63) is 29.6 Å². The Balaban J connectivity index is 2.29. The van der Waals surface area contributed by atoms with Crippen LogP contribution in [-0.2, 0) is 13.0 Å². The van der Waals surface area contributed by atoms with Crippen molar-refractivity contribution in [2.75, 3.05) is 0 Å². The Morgan fingerprint density at radius 3 is 2.62 bits per heavy atom. The van der Waals surface area contributed by atoms with Gasteiger partial charge in [-0.05, 0) is 43.4 Å². The van der Waals surface area contributed by atoms with E-state index in [1.807, 2.05) is 12.4 Å². The lowest BCUT2D eigenvalue weighted by Crippen LogP contribution is -2.47. The fourth-order valence-corrected chi connectivity index (χ4v) is 2.63. The minimum Gasteiger partial charge on any atom is -0.293 e. The number of hydrogen-bond acceptors (Lipinski definition) is 2. The summed E-state index contributed by atoms with van der Waals surface area (Å²) in [5.74, 6) is 0.704. The Labute approximate surface area is 98.7 Å². The first-order chi connectivity index (χ1) is 7.59. The van der Waals surface area contributed by atoms with Crippen molar-refractivity contribution in [1.82, 2.24) is 9.88 Å². The smallest absolute Gasteiger partial charge is 0.0303 e. The van der Waals surface area contributed by atoms with Gasteiger partial charge in [0.25, 0.3) is 0 Å². The molecule has 1 aliphatic rings. The van der Waals surface area contributed by atoms with Crippen LogP contribution in [0.3, 0.4) is 0 Å². The van der Waals surface area contributed by atoms with E-state index in [0.29, 0.717) is 18.0 Å². The van der Waals surface area contributed by atoms with Gasteiger partial charge in [0.2, 0.25) is 0 Å². The van der Waals surface area contributed by atoms with Gasteiger partial charge >= 0.3 is 0 Å². The van der Waals surface area contributed by atoms with Crippen molar-refractivity contribution in [2.24, 2.45) is 5.92 Å². The monoisotopic (exact) mass is 218 g/mol. The molecule has 2 rings (SSSR count). The highest BCUT2D eigenvalue weighted by Gasteiger charge is 2.29. The van der Waals surface area contributed by atoms with Crippen molar-refractivity contribution in [1.29, 1.82) is 0 Å². The van der Waals surface area contributed by atoms with Gasteiger partial charge in [-0.3, -0.25) is 9.88 Å². The van der Waals surface area contributed by atoms with E-state index in [4.69, 9.17) is 0 Å². The largest absolute Gasteiger partial charge is 0.293 e. The zero-order valence-electron chi connectivity index (χ0n) is 10.8. The van der Waals surface area contributed by atoms with E-state index in [2.05, 4.69) is 43.6 Å². The van der Waals surface area contributed by atoms with Gasteiger partial charge in [0, 0.05) is 31.0 Å². The number of nitrogens with zero attached hydrogens (tertiary/aromatic N) is 2. The van der Waals surface area contributed by atoms with Gasteiger partial charge < -0.3 is 0 Å². The highest BCUT2D eigenvalue weighted by Crippen LogP contribution is 2.28. The Morgan fingerprint density at radius 2 is 2.00 bits per heavy atom. The highest BCUT2D eigenvalue weighted by atomic mass is 15.2. The van der Waals surface area contributed by atoms with Crippen molar-refractivity contribution < 1.29 is 0 Å². The van der Waals surface area contributed by atoms with Crippen molar-refractivity contribution in [2.45, 2.75) is 52.7 Å². The lowest BCUT2D eigenvalue weighted by molar-refractivity contribution is 0.0971. The topological polar surface area (TPSA) is 16.1 Å². The molecule has 0 fully saturated rings. The molecule has 0 bridgehead atoms. The van der Waals surface area contributed by atoms with E-state index in [-0.39, 0.29) is 0 Å². The molecule has 88 valence electrons. The van der Waals surface area contributed by atoms with Gasteiger partial charge in [0.05, 0.1) is 0 Å². The summed E-state index contributed by atoms with van der Waals surface area (Å²) in [5.41, 5.74) is 2.90. The van der Waals surface area contributed by atoms with Crippen LogP contribution in [0.4, 0.5) is 0 Å². The molecule has 0 spiro atoms. The van der Waals surface area contributed by atoms with E-state index < -0.39 is 0 Å². The SMILES string of the molecule is CC(C)C1Cc2cnccc2CN1C(C)C. The van der Waals surface area contributed by atoms with Crippen LogP contribution in [0.25, 0.3) is 0 Å². The van der Waals surface area contributed by atoms with Crippen LogP contribution in [-0.4, -0.2) is 22.0 Å². The second-order valence-electron chi connectivity index (χ2n) is 5.43. The molecule has 2 nitrogen and oxygen atoms in total. The third-order valence-electron chi connectivity index (χ3n) is 3.65. The van der Waals surface area contributed by atoms with Crippen LogP contribution in [0.2, 0.25) is 0 Å². The van der Waals surface area contributed by atoms with E-state index in [1.54, 1.807) is 0 Å². The summed E-state index contributed by atoms with van der Waals surface area (Å²) in [4.78, 5) is 6.86. The molecular weight excluding hydrogens is 196 g/mol. The molecule has 1 unspecified atom stereocenters. The number of aromatic nitrogens is 1. The second-order valence-corrected chi connectivity index (χ2v) is 5.43. The van der Waals surface area contributed by atoms with E-state index in [1.165, 1.54) is 11.1 Å². The predicted octanol–water partition coefficient (Wildman–Crippen LogP) is 2.87. The maximum atomic E-state index is 4.24. The molecule has 0 saturated heterocycles. The lowest BCUT2D eigenvalue weighted by atomic mass is 9.88. The maximum Gasteiger partial charge on any atom is 0.0303 e. The molecule has 2 heterocycles. The van der Waals surface area contributed by atoms with Gasteiger partial charge in [-0.15, -0.1) is 0 Å². The molecule has 0 aliphatic carbocycles. The third kappa shape index (κ3) is 2.12. The summed E-state index contributed by atoms with van der Waals surface area (Å²) in [6.45, 7) is 10.3. The van der Waals surface area contributed by atoms with Crippen LogP contribution in [0.1, 0.15) is 38.8 Å². The zero-order valence-corrected chi connectivity index (χ0v) is 10.8. The fourth-order valence-electron chi connectivity index (χ4n) is 2.63. The van der Waals surface area contributed by atoms with Gasteiger partial charge in [-0.2, -0.15) is 0 Å². The second kappa shape index (κ2) is 4.54. The summed E-state index contributed by atoms with van der Waals surface area (Å²) in [5, 5.41) is 0. The molecule has 0 amide bonds. The Morgan fingerprint density at radius 1 is 1.25 bits per heavy atom. The van der Waals surface area contributed by atoms with Crippen LogP contribution >= 0.6 is 0 Å². The molecule has 1 aromatic heterocycles. The molecule has 0 N–H and O–H groups in total. The summed E-state index contributed by atoms with van der Waals surface area (Å²) < 4.78 is 0. The zero-order chi connectivity index (χ0) is 11.7. The Bertz CT molecular complexity index is 323. The minimum atomic E-state index is 0.619. The Kier molecular flexibility index (Phi) is 3.29. The lowest BCUT2D eigenvalue weighted by Gasteiger charge is -2.41. The number of fused-ring (bicyclic) bond motifs is 1. The fraction of sp³-hybridized carbons (Fsp3) is 0.643. The number of pyridine rings is 1. The highest BCUT2D eigenvalue weighted by molar-refractivity contribution is 5.27. The molecule has 0 aromatic carbocycles. The molecule has 0 radical (unpaired) electrons. The maximum absolute atomic E-state index is 4.24. The molecule has 1 atom stereocenters. The normalized spacial score (nSPS) is 21.5. The molecule has 2 heteroatoms. The summed E-state index contributed by atoms with van der Waals surface area (Å²) in [7, 11) is 0. The number of rotatable bonds is 2. The Hall–Kier alpha value is -0.890. The average Bonchev–Trinajstić information content (AvgIpc) is 2.27. The van der Waals surface area contributed by atoms with Gasteiger partial charge in [0.15, 0.2) is 0 Å². The summed E-state index contributed by atoms with van der Waals surface area (Å²) >= 11 is 0. The quantitative estimate of drug-likeness (QED) is 0.759. The molecule has 16 heavy (non-hydrogen) atoms. The van der Waals surface area contributed by atoms with Crippen LogP contribution in [0.15, 0.2) is 18.5 Å². The van der Waals surface area contributed by atoms with Crippen LogP contribution < -0.4 is 0 Å². The van der Waals surface area contributed by atoms with E-state index >= 15 is 0 Å². The van der Waals surface area contributed by atoms with Gasteiger partial charge in [0.1, 0.15) is 0 Å². The summed E-state index contributed by atoms with van der Waals surface area (Å²) in [6, 6.07) is 3.45. The number of hydrogen-bond donors (Lipinski definition) is 0. The van der Waals surface area contributed by atoms with Gasteiger partial charge in [-0.1, -0.05) is 13.8 Å². The van der Waals surface area contributed by atoms with Crippen LogP contribution in [0.5, 0.6) is 0 Å². The van der Waals surface area contributed by atoms with Crippen molar-refractivity contribution >= 4 is 0 Å². The molecule has 1 aliphatic heterocycles. The van der Waals surface area contributed by atoms with Crippen molar-refractivity contribution in [3.63, 3.8) is 0 Å². The molecule has 1 aromatic rings. The van der Waals surface area contributed by atoms with Crippen molar-refractivity contribution in [3.8, 4) is 0 Å². The molecular formula is C14H22N2. The predicted molar refractivity (Wildman–Crippen MR) is 67.2 cm³/mol. The van der Waals surface area contributed by atoms with E-state index in [9.17, 15) is 0 Å². The van der Waals surface area contributed by atoms with Gasteiger partial charge in [-0.25, -0.2) is 0 Å². The van der Waals surface area contributed by atoms with E-state index in [0.717, 1.165) is 13.0 Å². The first-order valence-electron chi connectivity index (χ1n) is 6.27. The average molecular weight is 218 g/mol. The standard InChI is InChI=1S/C14H22N2/c1-10(2)14-7-13-8-15-6-5-12(13)9-16(14)11(3)4/h5-6,8,10-11,14H,7,9H2,1-4H3.